The minimum Gasteiger partial charge on any atom is -0.366 e. The van der Waals surface area contributed by atoms with Gasteiger partial charge in [-0.15, -0.1) is 0 Å². The smallest absolute Gasteiger partial charge is 0.331 e. The van der Waals surface area contributed by atoms with Crippen molar-refractivity contribution in [3.63, 3.8) is 0 Å². The summed E-state index contributed by atoms with van der Waals surface area (Å²) in [7, 11) is 0. The highest BCUT2D eigenvalue weighted by molar-refractivity contribution is 6.33. The summed E-state index contributed by atoms with van der Waals surface area (Å²) in [5.41, 5.74) is 5.73. The fourth-order valence-corrected chi connectivity index (χ4v) is 1.57. The Bertz CT molecular complexity index is 595. The van der Waals surface area contributed by atoms with Crippen molar-refractivity contribution in [2.75, 3.05) is 5.32 Å². The van der Waals surface area contributed by atoms with Crippen LogP contribution in [0.15, 0.2) is 36.9 Å². The van der Waals surface area contributed by atoms with Crippen molar-refractivity contribution in [3.8, 4) is 0 Å². The normalized spacial score (nSPS) is 10.1. The molecule has 0 radical (unpaired) electrons. The Morgan fingerprint density at radius 3 is 2.78 bits per heavy atom. The average molecular weight is 265 g/mol. The van der Waals surface area contributed by atoms with E-state index in [-0.39, 0.29) is 10.6 Å². The average Bonchev–Trinajstić information content (AvgIpc) is 2.85. The number of rotatable bonds is 2. The number of nitrogens with two attached hydrogens (primary N) is 1. The van der Waals surface area contributed by atoms with Crippen LogP contribution in [0.5, 0.6) is 0 Å². The number of nitrogens with one attached hydrogen (secondary N) is 1. The molecule has 0 saturated heterocycles. The monoisotopic (exact) mass is 264 g/mol. The van der Waals surface area contributed by atoms with Gasteiger partial charge in [-0.05, 0) is 18.2 Å². The van der Waals surface area contributed by atoms with E-state index in [1.54, 1.807) is 6.07 Å². The summed E-state index contributed by atoms with van der Waals surface area (Å²) >= 11 is 5.80. The Labute approximate surface area is 107 Å². The van der Waals surface area contributed by atoms with Gasteiger partial charge in [-0.3, -0.25) is 9.36 Å². The van der Waals surface area contributed by atoms with Crippen molar-refractivity contribution in [1.29, 1.82) is 0 Å². The molecule has 2 rings (SSSR count). The van der Waals surface area contributed by atoms with Gasteiger partial charge in [-0.2, -0.15) is 0 Å². The summed E-state index contributed by atoms with van der Waals surface area (Å²) in [5.74, 6) is -0.654. The van der Waals surface area contributed by atoms with Crippen LogP contribution < -0.4 is 11.1 Å². The van der Waals surface area contributed by atoms with E-state index in [1.165, 1.54) is 35.4 Å². The molecule has 18 heavy (non-hydrogen) atoms. The molecule has 7 heteroatoms. The number of hydrogen-bond acceptors (Lipinski definition) is 3. The minimum absolute atomic E-state index is 0.153. The second-order valence-electron chi connectivity index (χ2n) is 3.46. The van der Waals surface area contributed by atoms with Crippen molar-refractivity contribution in [3.05, 3.63) is 47.5 Å². The van der Waals surface area contributed by atoms with Gasteiger partial charge in [0.2, 0.25) is 5.91 Å². The van der Waals surface area contributed by atoms with E-state index >= 15 is 0 Å². The third-order valence-electron chi connectivity index (χ3n) is 2.22. The van der Waals surface area contributed by atoms with Gasteiger partial charge in [0.05, 0.1) is 10.6 Å². The molecular weight excluding hydrogens is 256 g/mol. The first-order valence-corrected chi connectivity index (χ1v) is 5.34. The third-order valence-corrected chi connectivity index (χ3v) is 2.55. The largest absolute Gasteiger partial charge is 0.366 e. The molecule has 2 aromatic rings. The Morgan fingerprint density at radius 1 is 1.39 bits per heavy atom. The second-order valence-corrected chi connectivity index (χ2v) is 3.87. The molecule has 3 N–H and O–H groups in total. The van der Waals surface area contributed by atoms with Crippen LogP contribution in [0.25, 0.3) is 0 Å². The topological polar surface area (TPSA) is 90.0 Å². The van der Waals surface area contributed by atoms with Crippen molar-refractivity contribution in [2.45, 2.75) is 0 Å². The summed E-state index contributed by atoms with van der Waals surface area (Å²) in [4.78, 5) is 26.6. The Balaban J connectivity index is 2.22. The number of hydrogen-bond donors (Lipinski definition) is 2. The Hall–Kier alpha value is -2.34. The number of amides is 2. The molecule has 0 aliphatic rings. The van der Waals surface area contributed by atoms with Gasteiger partial charge in [0.15, 0.2) is 0 Å². The maximum absolute atomic E-state index is 11.7. The van der Waals surface area contributed by atoms with Crippen molar-refractivity contribution < 1.29 is 9.59 Å². The number of imidazole rings is 1. The van der Waals surface area contributed by atoms with E-state index in [1.807, 2.05) is 0 Å². The van der Waals surface area contributed by atoms with Crippen LogP contribution in [-0.4, -0.2) is 21.5 Å². The molecule has 2 amide bonds. The third kappa shape index (κ3) is 2.49. The molecule has 0 unspecified atom stereocenters. The summed E-state index contributed by atoms with van der Waals surface area (Å²) in [6.07, 6.45) is 4.34. The summed E-state index contributed by atoms with van der Waals surface area (Å²) in [5, 5.41) is 2.82. The number of primary amides is 1. The maximum Gasteiger partial charge on any atom is 0.331 e. The highest BCUT2D eigenvalue weighted by Crippen LogP contribution is 2.20. The maximum atomic E-state index is 11.7. The summed E-state index contributed by atoms with van der Waals surface area (Å²) in [6, 6.07) is 4.08. The quantitative estimate of drug-likeness (QED) is 0.865. The van der Waals surface area contributed by atoms with Gasteiger partial charge < -0.3 is 11.1 Å². The first-order chi connectivity index (χ1) is 8.58. The van der Waals surface area contributed by atoms with E-state index in [0.717, 1.165) is 0 Å². The van der Waals surface area contributed by atoms with Crippen LogP contribution in [0.4, 0.5) is 10.5 Å². The zero-order valence-electron chi connectivity index (χ0n) is 9.13. The van der Waals surface area contributed by atoms with Gasteiger partial charge in [-0.1, -0.05) is 11.6 Å². The molecule has 0 saturated carbocycles. The van der Waals surface area contributed by atoms with Crippen LogP contribution in [0, 0.1) is 0 Å². The second kappa shape index (κ2) is 4.89. The Morgan fingerprint density at radius 2 is 2.17 bits per heavy atom. The molecule has 0 spiro atoms. The Kier molecular flexibility index (Phi) is 3.29. The molecule has 92 valence electrons. The first-order valence-electron chi connectivity index (χ1n) is 4.96. The molecule has 1 aromatic carbocycles. The lowest BCUT2D eigenvalue weighted by Crippen LogP contribution is -2.18. The molecule has 0 aliphatic heterocycles. The zero-order chi connectivity index (χ0) is 13.1. The predicted molar refractivity (Wildman–Crippen MR) is 66.6 cm³/mol. The molecule has 1 heterocycles. The van der Waals surface area contributed by atoms with E-state index in [4.69, 9.17) is 17.3 Å². The molecule has 0 bridgehead atoms. The zero-order valence-corrected chi connectivity index (χ0v) is 9.89. The number of nitrogens with zero attached hydrogens (tertiary/aromatic N) is 2. The van der Waals surface area contributed by atoms with Gasteiger partial charge >= 0.3 is 6.03 Å². The number of benzene rings is 1. The van der Waals surface area contributed by atoms with E-state index in [2.05, 4.69) is 10.3 Å². The van der Waals surface area contributed by atoms with Gasteiger partial charge in [0.1, 0.15) is 6.33 Å². The number of anilines is 1. The number of aromatic nitrogens is 2. The predicted octanol–water partition coefficient (Wildman–Crippen LogP) is 1.72. The SMILES string of the molecule is NC(=O)c1cc(NC(=O)n2ccnc2)ccc1Cl. The van der Waals surface area contributed by atoms with E-state index in [0.29, 0.717) is 5.69 Å². The summed E-state index contributed by atoms with van der Waals surface area (Å²) in [6.45, 7) is 0. The highest BCUT2D eigenvalue weighted by Gasteiger charge is 2.09. The first kappa shape index (κ1) is 12.1. The van der Waals surface area contributed by atoms with Crippen LogP contribution in [0.3, 0.4) is 0 Å². The number of halogens is 1. The van der Waals surface area contributed by atoms with Crippen molar-refractivity contribution in [1.82, 2.24) is 9.55 Å². The lowest BCUT2D eigenvalue weighted by Gasteiger charge is -2.07. The molecular formula is C11H9ClN4O2. The minimum atomic E-state index is -0.654. The van der Waals surface area contributed by atoms with Gasteiger partial charge in [0.25, 0.3) is 0 Å². The molecule has 0 aliphatic carbocycles. The number of carbonyl (C=O) groups excluding carboxylic acids is 2. The van der Waals surface area contributed by atoms with E-state index in [9.17, 15) is 9.59 Å². The fourth-order valence-electron chi connectivity index (χ4n) is 1.36. The lowest BCUT2D eigenvalue weighted by atomic mass is 10.2. The van der Waals surface area contributed by atoms with Crippen molar-refractivity contribution in [2.24, 2.45) is 5.73 Å². The standard InChI is InChI=1S/C11H9ClN4O2/c12-9-2-1-7(5-8(9)10(13)17)15-11(18)16-4-3-14-6-16/h1-6H,(H2,13,17)(H,15,18). The molecule has 0 atom stereocenters. The van der Waals surface area contributed by atoms with Crippen LogP contribution >= 0.6 is 11.6 Å². The molecule has 1 aromatic heterocycles. The molecule has 6 nitrogen and oxygen atoms in total. The lowest BCUT2D eigenvalue weighted by molar-refractivity contribution is 0.100. The molecule has 0 fully saturated rings. The van der Waals surface area contributed by atoms with Crippen LogP contribution in [0.1, 0.15) is 10.4 Å². The van der Waals surface area contributed by atoms with E-state index < -0.39 is 11.9 Å². The fraction of sp³-hybridized carbons (Fsp3) is 0. The van der Waals surface area contributed by atoms with Crippen LogP contribution in [0.2, 0.25) is 5.02 Å². The highest BCUT2D eigenvalue weighted by atomic mass is 35.5. The van der Waals surface area contributed by atoms with Crippen molar-refractivity contribution >= 4 is 29.2 Å². The van der Waals surface area contributed by atoms with Gasteiger partial charge in [0, 0.05) is 18.1 Å². The summed E-state index contributed by atoms with van der Waals surface area (Å²) < 4.78 is 1.26. The van der Waals surface area contributed by atoms with Crippen LogP contribution in [-0.2, 0) is 0 Å². The van der Waals surface area contributed by atoms with Gasteiger partial charge in [-0.25, -0.2) is 9.78 Å². The number of carbonyl (C=O) groups is 2.